The Kier molecular flexibility index (Phi) is 5.06. The van der Waals surface area contributed by atoms with E-state index >= 15 is 0 Å². The van der Waals surface area contributed by atoms with Crippen molar-refractivity contribution in [1.82, 2.24) is 5.32 Å². The Balaban J connectivity index is 1.85. The summed E-state index contributed by atoms with van der Waals surface area (Å²) in [6, 6.07) is 16.5. The van der Waals surface area contributed by atoms with Gasteiger partial charge < -0.3 is 15.8 Å². The number of carbonyl (C=O) groups is 1. The summed E-state index contributed by atoms with van der Waals surface area (Å²) < 4.78 is 4.93. The van der Waals surface area contributed by atoms with Crippen molar-refractivity contribution in [3.05, 3.63) is 71.3 Å². The van der Waals surface area contributed by atoms with E-state index in [0.717, 1.165) is 11.1 Å². The Bertz CT molecular complexity index is 609. The predicted molar refractivity (Wildman–Crippen MR) is 80.9 cm³/mol. The van der Waals surface area contributed by atoms with Crippen LogP contribution in [0.1, 0.15) is 16.7 Å². The van der Waals surface area contributed by atoms with Gasteiger partial charge in [-0.05, 0) is 23.3 Å². The summed E-state index contributed by atoms with van der Waals surface area (Å²) in [5.41, 5.74) is 7.96. The van der Waals surface area contributed by atoms with Crippen molar-refractivity contribution in [3.63, 3.8) is 0 Å². The van der Waals surface area contributed by atoms with Crippen LogP contribution in [0.15, 0.2) is 54.6 Å². The summed E-state index contributed by atoms with van der Waals surface area (Å²) in [4.78, 5) is 11.6. The minimum Gasteiger partial charge on any atom is -0.391 e. The van der Waals surface area contributed by atoms with Gasteiger partial charge in [-0.25, -0.2) is 4.79 Å². The van der Waals surface area contributed by atoms with Gasteiger partial charge in [0.1, 0.15) is 0 Å². The molecule has 2 rings (SSSR count). The van der Waals surface area contributed by atoms with E-state index in [-0.39, 0.29) is 5.90 Å². The third-order valence-corrected chi connectivity index (χ3v) is 2.93. The molecule has 0 aliphatic carbocycles. The highest BCUT2D eigenvalue weighted by Crippen LogP contribution is 2.06. The normalized spacial score (nSPS) is 9.95. The average Bonchev–Trinajstić information content (AvgIpc) is 2.54. The first-order chi connectivity index (χ1) is 10.2. The van der Waals surface area contributed by atoms with Crippen LogP contribution in [0.25, 0.3) is 0 Å². The Morgan fingerprint density at radius 1 is 1.05 bits per heavy atom. The largest absolute Gasteiger partial charge is 0.414 e. The molecular formula is C16H17N3O2. The molecule has 0 spiro atoms. The van der Waals surface area contributed by atoms with Gasteiger partial charge in [0.15, 0.2) is 0 Å². The molecule has 0 unspecified atom stereocenters. The Morgan fingerprint density at radius 3 is 2.33 bits per heavy atom. The second kappa shape index (κ2) is 7.21. The topological polar surface area (TPSA) is 88.2 Å². The molecule has 1 amide bonds. The molecule has 0 radical (unpaired) electrons. The number of benzene rings is 2. The fraction of sp³-hybridized carbons (Fsp3) is 0.125. The van der Waals surface area contributed by atoms with Crippen LogP contribution in [-0.2, 0) is 17.8 Å². The lowest BCUT2D eigenvalue weighted by Gasteiger charge is -2.08. The van der Waals surface area contributed by atoms with Crippen molar-refractivity contribution in [2.45, 2.75) is 13.1 Å². The first-order valence-corrected chi connectivity index (χ1v) is 6.56. The summed E-state index contributed by atoms with van der Waals surface area (Å²) in [5, 5.41) is 10.4. The molecule has 0 fully saturated rings. The number of hydrogen-bond donors (Lipinski definition) is 3. The summed E-state index contributed by atoms with van der Waals surface area (Å²) in [6.07, 6.45) is -0.647. The number of hydrogen-bond acceptors (Lipinski definition) is 4. The van der Waals surface area contributed by atoms with E-state index in [2.05, 4.69) is 5.32 Å². The van der Waals surface area contributed by atoms with Gasteiger partial charge in [0.25, 0.3) is 0 Å². The van der Waals surface area contributed by atoms with Crippen LogP contribution in [0.3, 0.4) is 0 Å². The summed E-state index contributed by atoms with van der Waals surface area (Å²) in [7, 11) is 0. The maximum absolute atomic E-state index is 11.6. The van der Waals surface area contributed by atoms with Gasteiger partial charge in [-0.15, -0.1) is 0 Å². The highest BCUT2D eigenvalue weighted by molar-refractivity contribution is 5.98. The van der Waals surface area contributed by atoms with Crippen molar-refractivity contribution < 1.29 is 9.53 Å². The fourth-order valence-electron chi connectivity index (χ4n) is 1.75. The van der Waals surface area contributed by atoms with Gasteiger partial charge in [0.05, 0.1) is 0 Å². The molecule has 2 aromatic rings. The number of carbonyl (C=O) groups excluding carboxylic acids is 1. The van der Waals surface area contributed by atoms with Crippen molar-refractivity contribution in [2.24, 2.45) is 5.73 Å². The van der Waals surface area contributed by atoms with Crippen LogP contribution < -0.4 is 11.1 Å². The summed E-state index contributed by atoms with van der Waals surface area (Å²) in [5.74, 6) is -0.191. The molecule has 5 heteroatoms. The number of alkyl carbamates (subject to hydrolysis) is 1. The SMILES string of the molecule is N=C(OC(=O)NCc1ccccc1)c1ccc(CN)cc1. The highest BCUT2D eigenvalue weighted by atomic mass is 16.6. The second-order valence-electron chi connectivity index (χ2n) is 4.46. The molecule has 0 atom stereocenters. The minimum atomic E-state index is -0.647. The molecule has 0 aromatic heterocycles. The zero-order chi connectivity index (χ0) is 15.1. The van der Waals surface area contributed by atoms with E-state index in [9.17, 15) is 4.79 Å². The summed E-state index contributed by atoms with van der Waals surface area (Å²) >= 11 is 0. The highest BCUT2D eigenvalue weighted by Gasteiger charge is 2.09. The van der Waals surface area contributed by atoms with E-state index in [1.54, 1.807) is 24.3 Å². The van der Waals surface area contributed by atoms with Crippen molar-refractivity contribution in [2.75, 3.05) is 0 Å². The average molecular weight is 283 g/mol. The van der Waals surface area contributed by atoms with Crippen molar-refractivity contribution in [3.8, 4) is 0 Å². The van der Waals surface area contributed by atoms with Gasteiger partial charge in [-0.2, -0.15) is 0 Å². The quantitative estimate of drug-likeness (QED) is 0.594. The molecule has 21 heavy (non-hydrogen) atoms. The number of amides is 1. The number of rotatable bonds is 4. The first kappa shape index (κ1) is 14.7. The van der Waals surface area contributed by atoms with Gasteiger partial charge in [-0.3, -0.25) is 5.41 Å². The Hall–Kier alpha value is -2.66. The zero-order valence-corrected chi connectivity index (χ0v) is 11.5. The van der Waals surface area contributed by atoms with Crippen LogP contribution in [0, 0.1) is 5.41 Å². The van der Waals surface area contributed by atoms with Crippen LogP contribution in [-0.4, -0.2) is 12.0 Å². The first-order valence-electron chi connectivity index (χ1n) is 6.56. The number of nitrogens with two attached hydrogens (primary N) is 1. The van der Waals surface area contributed by atoms with Crippen molar-refractivity contribution >= 4 is 12.0 Å². The fourth-order valence-corrected chi connectivity index (χ4v) is 1.75. The van der Waals surface area contributed by atoms with E-state index in [0.29, 0.717) is 18.7 Å². The molecule has 4 N–H and O–H groups in total. The van der Waals surface area contributed by atoms with E-state index in [4.69, 9.17) is 15.9 Å². The van der Waals surface area contributed by atoms with Crippen molar-refractivity contribution in [1.29, 1.82) is 5.41 Å². The van der Waals surface area contributed by atoms with Crippen LogP contribution in [0.4, 0.5) is 4.79 Å². The third-order valence-electron chi connectivity index (χ3n) is 2.93. The molecule has 0 aliphatic rings. The monoisotopic (exact) mass is 283 g/mol. The van der Waals surface area contributed by atoms with E-state index in [1.807, 2.05) is 30.3 Å². The maximum atomic E-state index is 11.6. The lowest BCUT2D eigenvalue weighted by Crippen LogP contribution is -2.26. The lowest BCUT2D eigenvalue weighted by atomic mass is 10.1. The smallest absolute Gasteiger partial charge is 0.391 e. The van der Waals surface area contributed by atoms with E-state index in [1.165, 1.54) is 0 Å². The second-order valence-corrected chi connectivity index (χ2v) is 4.46. The molecule has 0 heterocycles. The molecule has 0 saturated heterocycles. The molecule has 108 valence electrons. The lowest BCUT2D eigenvalue weighted by molar-refractivity contribution is 0.196. The molecule has 0 aliphatic heterocycles. The third kappa shape index (κ3) is 4.43. The molecular weight excluding hydrogens is 266 g/mol. The summed E-state index contributed by atoms with van der Waals surface area (Å²) in [6.45, 7) is 0.797. The number of ether oxygens (including phenoxy) is 1. The van der Waals surface area contributed by atoms with Crippen LogP contribution in [0.2, 0.25) is 0 Å². The van der Waals surface area contributed by atoms with E-state index < -0.39 is 6.09 Å². The Morgan fingerprint density at radius 2 is 1.71 bits per heavy atom. The van der Waals surface area contributed by atoms with Gasteiger partial charge in [0.2, 0.25) is 5.90 Å². The minimum absolute atomic E-state index is 0.191. The zero-order valence-electron chi connectivity index (χ0n) is 11.5. The maximum Gasteiger partial charge on any atom is 0.414 e. The van der Waals surface area contributed by atoms with Crippen LogP contribution in [0.5, 0.6) is 0 Å². The molecule has 0 saturated carbocycles. The van der Waals surface area contributed by atoms with Gasteiger partial charge >= 0.3 is 6.09 Å². The molecule has 5 nitrogen and oxygen atoms in total. The Labute approximate surface area is 123 Å². The predicted octanol–water partition coefficient (Wildman–Crippen LogP) is 2.40. The molecule has 2 aromatic carbocycles. The van der Waals surface area contributed by atoms with Crippen LogP contribution >= 0.6 is 0 Å². The molecule has 0 bridgehead atoms. The van der Waals surface area contributed by atoms with Gasteiger partial charge in [-0.1, -0.05) is 42.5 Å². The van der Waals surface area contributed by atoms with Gasteiger partial charge in [0, 0.05) is 18.7 Å². The standard InChI is InChI=1S/C16H17N3O2/c17-10-12-6-8-14(9-7-12)15(18)21-16(20)19-11-13-4-2-1-3-5-13/h1-9,18H,10-11,17H2,(H,19,20). The number of nitrogens with one attached hydrogen (secondary N) is 2.